The standard InChI is InChI=1S/C15H20O3/c1-15(2,3)12-8-5-11(6-9-12)7-10-13(16)14(17)18-4/h5-6,8-10,16H,7H2,1-4H3. The van der Waals surface area contributed by atoms with Gasteiger partial charge in [-0.15, -0.1) is 0 Å². The van der Waals surface area contributed by atoms with E-state index >= 15 is 0 Å². The highest BCUT2D eigenvalue weighted by Gasteiger charge is 2.12. The van der Waals surface area contributed by atoms with Crippen molar-refractivity contribution >= 4 is 5.97 Å². The van der Waals surface area contributed by atoms with Gasteiger partial charge in [-0.05, 0) is 29.0 Å². The minimum Gasteiger partial charge on any atom is -0.502 e. The van der Waals surface area contributed by atoms with Crippen LogP contribution in [0.4, 0.5) is 0 Å². The zero-order valence-corrected chi connectivity index (χ0v) is 11.4. The first kappa shape index (κ1) is 14.3. The highest BCUT2D eigenvalue weighted by atomic mass is 16.5. The molecule has 0 unspecified atom stereocenters. The molecule has 0 fully saturated rings. The highest BCUT2D eigenvalue weighted by Crippen LogP contribution is 2.22. The Morgan fingerprint density at radius 1 is 1.28 bits per heavy atom. The first-order valence-corrected chi connectivity index (χ1v) is 5.91. The molecule has 0 aliphatic heterocycles. The number of hydrogen-bond donors (Lipinski definition) is 1. The number of rotatable bonds is 3. The Morgan fingerprint density at radius 3 is 2.28 bits per heavy atom. The van der Waals surface area contributed by atoms with Crippen LogP contribution < -0.4 is 0 Å². The van der Waals surface area contributed by atoms with Gasteiger partial charge in [0.15, 0.2) is 5.76 Å². The van der Waals surface area contributed by atoms with Crippen LogP contribution in [0.2, 0.25) is 0 Å². The number of aliphatic hydroxyl groups excluding tert-OH is 1. The maximum Gasteiger partial charge on any atom is 0.372 e. The molecule has 0 aliphatic rings. The van der Waals surface area contributed by atoms with E-state index in [0.29, 0.717) is 6.42 Å². The smallest absolute Gasteiger partial charge is 0.372 e. The molecule has 3 nitrogen and oxygen atoms in total. The van der Waals surface area contributed by atoms with Crippen LogP contribution in [0.3, 0.4) is 0 Å². The molecule has 0 bridgehead atoms. The molecule has 0 saturated carbocycles. The summed E-state index contributed by atoms with van der Waals surface area (Å²) in [5, 5.41) is 9.35. The van der Waals surface area contributed by atoms with Gasteiger partial charge in [0.25, 0.3) is 0 Å². The summed E-state index contributed by atoms with van der Waals surface area (Å²) in [5.41, 5.74) is 2.42. The van der Waals surface area contributed by atoms with Crippen molar-refractivity contribution in [2.75, 3.05) is 7.11 Å². The first-order valence-electron chi connectivity index (χ1n) is 5.91. The fraction of sp³-hybridized carbons (Fsp3) is 0.400. The number of ether oxygens (including phenoxy) is 1. The Bertz CT molecular complexity index is 436. The fourth-order valence-electron chi connectivity index (χ4n) is 1.54. The molecule has 3 heteroatoms. The third-order valence-electron chi connectivity index (χ3n) is 2.75. The Hall–Kier alpha value is -1.77. The van der Waals surface area contributed by atoms with E-state index in [0.717, 1.165) is 5.56 Å². The average molecular weight is 248 g/mol. The van der Waals surface area contributed by atoms with Crippen molar-refractivity contribution in [2.24, 2.45) is 0 Å². The summed E-state index contributed by atoms with van der Waals surface area (Å²) < 4.78 is 4.41. The molecule has 0 aliphatic carbocycles. The fourth-order valence-corrected chi connectivity index (χ4v) is 1.54. The van der Waals surface area contributed by atoms with E-state index in [1.165, 1.54) is 18.7 Å². The number of carbonyl (C=O) groups is 1. The van der Waals surface area contributed by atoms with Crippen molar-refractivity contribution in [3.8, 4) is 0 Å². The van der Waals surface area contributed by atoms with E-state index in [4.69, 9.17) is 0 Å². The SMILES string of the molecule is COC(=O)C(O)=CCc1ccc(C(C)(C)C)cc1. The quantitative estimate of drug-likeness (QED) is 0.508. The molecule has 0 atom stereocenters. The van der Waals surface area contributed by atoms with Crippen molar-refractivity contribution in [1.29, 1.82) is 0 Å². The summed E-state index contributed by atoms with van der Waals surface area (Å²) >= 11 is 0. The van der Waals surface area contributed by atoms with Crippen molar-refractivity contribution in [1.82, 2.24) is 0 Å². The van der Waals surface area contributed by atoms with Crippen molar-refractivity contribution in [3.05, 3.63) is 47.2 Å². The van der Waals surface area contributed by atoms with Gasteiger partial charge in [0.2, 0.25) is 0 Å². The predicted molar refractivity (Wildman–Crippen MR) is 71.6 cm³/mol. The van der Waals surface area contributed by atoms with Gasteiger partial charge in [-0.2, -0.15) is 0 Å². The Balaban J connectivity index is 2.73. The van der Waals surface area contributed by atoms with Crippen molar-refractivity contribution in [3.63, 3.8) is 0 Å². The second-order valence-electron chi connectivity index (χ2n) is 5.23. The summed E-state index contributed by atoms with van der Waals surface area (Å²) in [6, 6.07) is 8.14. The average Bonchev–Trinajstić information content (AvgIpc) is 2.34. The first-order chi connectivity index (χ1) is 8.34. The van der Waals surface area contributed by atoms with Crippen LogP contribution in [0.15, 0.2) is 36.1 Å². The van der Waals surface area contributed by atoms with Gasteiger partial charge in [-0.3, -0.25) is 0 Å². The van der Waals surface area contributed by atoms with E-state index < -0.39 is 5.97 Å². The Kier molecular flexibility index (Phi) is 4.54. The van der Waals surface area contributed by atoms with E-state index in [9.17, 15) is 9.90 Å². The van der Waals surface area contributed by atoms with Gasteiger partial charge < -0.3 is 9.84 Å². The summed E-state index contributed by atoms with van der Waals surface area (Å²) in [6.45, 7) is 6.47. The number of esters is 1. The van der Waals surface area contributed by atoms with Gasteiger partial charge in [-0.25, -0.2) is 4.79 Å². The van der Waals surface area contributed by atoms with Gasteiger partial charge in [0, 0.05) is 0 Å². The number of benzene rings is 1. The van der Waals surface area contributed by atoms with Gasteiger partial charge in [0.05, 0.1) is 7.11 Å². The van der Waals surface area contributed by atoms with Gasteiger partial charge in [0.1, 0.15) is 0 Å². The summed E-state index contributed by atoms with van der Waals surface area (Å²) in [5.74, 6) is -1.06. The molecule has 0 aromatic heterocycles. The predicted octanol–water partition coefficient (Wildman–Crippen LogP) is 3.14. The maximum atomic E-state index is 11.0. The summed E-state index contributed by atoms with van der Waals surface area (Å²) in [6.07, 6.45) is 1.96. The van der Waals surface area contributed by atoms with E-state index in [1.54, 1.807) is 0 Å². The largest absolute Gasteiger partial charge is 0.502 e. The van der Waals surface area contributed by atoms with Crippen LogP contribution in [0.5, 0.6) is 0 Å². The zero-order valence-electron chi connectivity index (χ0n) is 11.4. The molecule has 0 spiro atoms. The van der Waals surface area contributed by atoms with Crippen LogP contribution in [-0.2, 0) is 21.4 Å². The maximum absolute atomic E-state index is 11.0. The van der Waals surface area contributed by atoms with E-state index in [1.807, 2.05) is 12.1 Å². The lowest BCUT2D eigenvalue weighted by atomic mass is 9.86. The second kappa shape index (κ2) is 5.71. The van der Waals surface area contributed by atoms with Crippen LogP contribution >= 0.6 is 0 Å². The topological polar surface area (TPSA) is 46.5 Å². The molecule has 0 radical (unpaired) electrons. The lowest BCUT2D eigenvalue weighted by molar-refractivity contribution is -0.139. The molecule has 1 N–H and O–H groups in total. The molecular weight excluding hydrogens is 228 g/mol. The number of hydrogen-bond acceptors (Lipinski definition) is 3. The Morgan fingerprint density at radius 2 is 1.83 bits per heavy atom. The molecule has 0 saturated heterocycles. The minimum absolute atomic E-state index is 0.128. The molecule has 98 valence electrons. The molecule has 0 heterocycles. The zero-order chi connectivity index (χ0) is 13.8. The van der Waals surface area contributed by atoms with Crippen LogP contribution in [-0.4, -0.2) is 18.2 Å². The monoisotopic (exact) mass is 248 g/mol. The normalized spacial score (nSPS) is 12.3. The third-order valence-corrected chi connectivity index (χ3v) is 2.75. The lowest BCUT2D eigenvalue weighted by Crippen LogP contribution is -2.10. The number of carbonyl (C=O) groups excluding carboxylic acids is 1. The molecule has 1 rings (SSSR count). The summed E-state index contributed by atoms with van der Waals surface area (Å²) in [4.78, 5) is 11.0. The lowest BCUT2D eigenvalue weighted by Gasteiger charge is -2.18. The van der Waals surface area contributed by atoms with Crippen molar-refractivity contribution < 1.29 is 14.6 Å². The molecule has 0 amide bonds. The second-order valence-corrected chi connectivity index (χ2v) is 5.23. The number of aliphatic hydroxyl groups is 1. The van der Waals surface area contributed by atoms with Crippen LogP contribution in [0, 0.1) is 0 Å². The van der Waals surface area contributed by atoms with E-state index in [2.05, 4.69) is 37.6 Å². The van der Waals surface area contributed by atoms with Gasteiger partial charge >= 0.3 is 5.97 Å². The number of allylic oxidation sites excluding steroid dienone is 1. The molecule has 1 aromatic carbocycles. The third kappa shape index (κ3) is 3.91. The summed E-state index contributed by atoms with van der Waals surface area (Å²) in [7, 11) is 1.24. The molecule has 18 heavy (non-hydrogen) atoms. The highest BCUT2D eigenvalue weighted by molar-refractivity contribution is 5.85. The van der Waals surface area contributed by atoms with E-state index in [-0.39, 0.29) is 11.2 Å². The van der Waals surface area contributed by atoms with Crippen LogP contribution in [0.25, 0.3) is 0 Å². The van der Waals surface area contributed by atoms with Gasteiger partial charge in [-0.1, -0.05) is 45.0 Å². The molecule has 1 aromatic rings. The minimum atomic E-state index is -0.707. The molecular formula is C15H20O3. The van der Waals surface area contributed by atoms with Crippen LogP contribution in [0.1, 0.15) is 31.9 Å². The van der Waals surface area contributed by atoms with Crippen molar-refractivity contribution in [2.45, 2.75) is 32.6 Å². The number of methoxy groups -OCH3 is 1. The Labute approximate surface area is 108 Å².